The van der Waals surface area contributed by atoms with Gasteiger partial charge in [-0.2, -0.15) is 0 Å². The van der Waals surface area contributed by atoms with E-state index in [-0.39, 0.29) is 0 Å². The molecular weight excluding hydrogens is 274 g/mol. The lowest BCUT2D eigenvalue weighted by Gasteiger charge is -2.38. The van der Waals surface area contributed by atoms with Gasteiger partial charge in [-0.25, -0.2) is 4.98 Å². The molecule has 2 aliphatic carbocycles. The second-order valence-electron chi connectivity index (χ2n) is 7.04. The Morgan fingerprint density at radius 1 is 1.09 bits per heavy atom. The molecule has 120 valence electrons. The van der Waals surface area contributed by atoms with Gasteiger partial charge in [0.1, 0.15) is 6.10 Å². The molecule has 1 unspecified atom stereocenters. The minimum absolute atomic E-state index is 0.406. The number of aromatic nitrogens is 1. The zero-order valence-electron chi connectivity index (χ0n) is 13.3. The molecule has 0 spiro atoms. The van der Waals surface area contributed by atoms with Crippen LogP contribution in [0.15, 0.2) is 18.3 Å². The van der Waals surface area contributed by atoms with Gasteiger partial charge in [0.05, 0.1) is 0 Å². The lowest BCUT2D eigenvalue weighted by molar-refractivity contribution is 0.114. The van der Waals surface area contributed by atoms with E-state index in [1.165, 1.54) is 57.1 Å². The summed E-state index contributed by atoms with van der Waals surface area (Å²) in [4.78, 5) is 7.22. The van der Waals surface area contributed by atoms with Crippen LogP contribution in [-0.4, -0.2) is 41.7 Å². The fraction of sp³-hybridized carbons (Fsp3) is 0.722. The van der Waals surface area contributed by atoms with E-state index in [1.807, 2.05) is 12.3 Å². The molecule has 2 saturated carbocycles. The van der Waals surface area contributed by atoms with E-state index in [0.717, 1.165) is 25.0 Å². The van der Waals surface area contributed by atoms with Gasteiger partial charge < -0.3 is 10.1 Å². The lowest BCUT2D eigenvalue weighted by atomic mass is 9.91. The summed E-state index contributed by atoms with van der Waals surface area (Å²) in [6.45, 7) is 3.47. The Kier molecular flexibility index (Phi) is 4.30. The third-order valence-corrected chi connectivity index (χ3v) is 5.52. The molecule has 3 fully saturated rings. The summed E-state index contributed by atoms with van der Waals surface area (Å²) in [6.07, 6.45) is 11.5. The number of hydrogen-bond acceptors (Lipinski definition) is 4. The van der Waals surface area contributed by atoms with Crippen LogP contribution in [0.5, 0.6) is 5.88 Å². The number of pyridine rings is 1. The van der Waals surface area contributed by atoms with Gasteiger partial charge in [-0.3, -0.25) is 4.90 Å². The average molecular weight is 301 g/mol. The smallest absolute Gasteiger partial charge is 0.213 e. The van der Waals surface area contributed by atoms with Crippen molar-refractivity contribution in [3.8, 4) is 5.88 Å². The molecule has 1 atom stereocenters. The second kappa shape index (κ2) is 6.55. The number of nitrogens with zero attached hydrogens (tertiary/aromatic N) is 2. The van der Waals surface area contributed by atoms with E-state index in [4.69, 9.17) is 4.74 Å². The van der Waals surface area contributed by atoms with Crippen LogP contribution in [0.25, 0.3) is 0 Å². The predicted octanol–water partition coefficient (Wildman–Crippen LogP) is 2.90. The van der Waals surface area contributed by atoms with Gasteiger partial charge in [0, 0.05) is 30.9 Å². The van der Waals surface area contributed by atoms with Crippen molar-refractivity contribution in [3.05, 3.63) is 23.9 Å². The fourth-order valence-corrected chi connectivity index (χ4v) is 3.58. The molecule has 3 aliphatic rings. The summed E-state index contributed by atoms with van der Waals surface area (Å²) in [5.41, 5.74) is 1.30. The molecule has 22 heavy (non-hydrogen) atoms. The van der Waals surface area contributed by atoms with Gasteiger partial charge in [-0.05, 0) is 57.2 Å². The fourth-order valence-electron chi connectivity index (χ4n) is 3.58. The maximum absolute atomic E-state index is 5.86. The lowest BCUT2D eigenvalue weighted by Crippen LogP contribution is -2.42. The molecule has 1 aliphatic heterocycles. The van der Waals surface area contributed by atoms with E-state index < -0.39 is 0 Å². The topological polar surface area (TPSA) is 37.4 Å². The minimum atomic E-state index is 0.406. The molecule has 0 bridgehead atoms. The summed E-state index contributed by atoms with van der Waals surface area (Å²) in [6, 6.07) is 5.49. The molecule has 0 radical (unpaired) electrons. The quantitative estimate of drug-likeness (QED) is 0.928. The highest BCUT2D eigenvalue weighted by molar-refractivity contribution is 5.22. The van der Waals surface area contributed by atoms with Crippen molar-refractivity contribution in [2.45, 2.75) is 63.1 Å². The predicted molar refractivity (Wildman–Crippen MR) is 87.1 cm³/mol. The number of rotatable bonds is 4. The van der Waals surface area contributed by atoms with Gasteiger partial charge in [-0.15, -0.1) is 0 Å². The molecule has 0 aromatic carbocycles. The molecule has 1 saturated heterocycles. The van der Waals surface area contributed by atoms with Crippen molar-refractivity contribution in [3.63, 3.8) is 0 Å². The monoisotopic (exact) mass is 301 g/mol. The van der Waals surface area contributed by atoms with E-state index in [9.17, 15) is 0 Å². The molecular formula is C18H27N3O. The van der Waals surface area contributed by atoms with E-state index in [2.05, 4.69) is 21.3 Å². The SMILES string of the molecule is c1cc(OC2CCC2)ncc1C1CN(C2CCC2)CCCN1. The van der Waals surface area contributed by atoms with Gasteiger partial charge in [0.15, 0.2) is 0 Å². The maximum atomic E-state index is 5.86. The minimum Gasteiger partial charge on any atom is -0.474 e. The average Bonchev–Trinajstić information content (AvgIpc) is 2.68. The molecule has 4 nitrogen and oxygen atoms in total. The zero-order chi connectivity index (χ0) is 14.8. The first-order chi connectivity index (χ1) is 10.9. The first kappa shape index (κ1) is 14.5. The van der Waals surface area contributed by atoms with Crippen LogP contribution in [0.2, 0.25) is 0 Å². The Morgan fingerprint density at radius 2 is 1.95 bits per heavy atom. The summed E-state index contributed by atoms with van der Waals surface area (Å²) in [5, 5.41) is 3.69. The van der Waals surface area contributed by atoms with Gasteiger partial charge >= 0.3 is 0 Å². The van der Waals surface area contributed by atoms with Crippen LogP contribution in [0.3, 0.4) is 0 Å². The van der Waals surface area contributed by atoms with Crippen LogP contribution in [0, 0.1) is 0 Å². The normalized spacial score (nSPS) is 27.7. The van der Waals surface area contributed by atoms with Gasteiger partial charge in [0.25, 0.3) is 0 Å². The Hall–Kier alpha value is -1.13. The highest BCUT2D eigenvalue weighted by Gasteiger charge is 2.28. The molecule has 4 rings (SSSR count). The summed E-state index contributed by atoms with van der Waals surface area (Å²) < 4.78 is 5.86. The Bertz CT molecular complexity index is 482. The Labute approximate surface area is 133 Å². The maximum Gasteiger partial charge on any atom is 0.213 e. The number of nitrogens with one attached hydrogen (secondary N) is 1. The first-order valence-corrected chi connectivity index (χ1v) is 8.98. The van der Waals surface area contributed by atoms with E-state index in [0.29, 0.717) is 12.1 Å². The molecule has 1 N–H and O–H groups in total. The van der Waals surface area contributed by atoms with Crippen LogP contribution in [0.1, 0.15) is 56.6 Å². The molecule has 0 amide bonds. The standard InChI is InChI=1S/C18H27N3O/c1-4-15(5-1)21-11-3-10-19-17(13-21)14-8-9-18(20-12-14)22-16-6-2-7-16/h8-9,12,15-17,19H,1-7,10-11,13H2. The van der Waals surface area contributed by atoms with Crippen molar-refractivity contribution in [2.75, 3.05) is 19.6 Å². The van der Waals surface area contributed by atoms with Crippen molar-refractivity contribution in [1.82, 2.24) is 15.2 Å². The van der Waals surface area contributed by atoms with Crippen LogP contribution < -0.4 is 10.1 Å². The van der Waals surface area contributed by atoms with Gasteiger partial charge in [-0.1, -0.05) is 12.5 Å². The first-order valence-electron chi connectivity index (χ1n) is 8.98. The third-order valence-electron chi connectivity index (χ3n) is 5.52. The van der Waals surface area contributed by atoms with E-state index in [1.54, 1.807) is 0 Å². The van der Waals surface area contributed by atoms with Gasteiger partial charge in [0.2, 0.25) is 5.88 Å². The highest BCUT2D eigenvalue weighted by Crippen LogP contribution is 2.29. The summed E-state index contributed by atoms with van der Waals surface area (Å²) in [7, 11) is 0. The molecule has 2 heterocycles. The number of ether oxygens (including phenoxy) is 1. The molecule has 1 aromatic heterocycles. The van der Waals surface area contributed by atoms with Crippen LogP contribution in [-0.2, 0) is 0 Å². The van der Waals surface area contributed by atoms with E-state index >= 15 is 0 Å². The number of hydrogen-bond donors (Lipinski definition) is 1. The summed E-state index contributed by atoms with van der Waals surface area (Å²) in [5.74, 6) is 0.790. The van der Waals surface area contributed by atoms with Crippen LogP contribution >= 0.6 is 0 Å². The Balaban J connectivity index is 1.40. The van der Waals surface area contributed by atoms with Crippen molar-refractivity contribution < 1.29 is 4.74 Å². The largest absolute Gasteiger partial charge is 0.474 e. The zero-order valence-corrected chi connectivity index (χ0v) is 13.3. The molecule has 1 aromatic rings. The van der Waals surface area contributed by atoms with Crippen molar-refractivity contribution in [2.24, 2.45) is 0 Å². The third kappa shape index (κ3) is 3.13. The second-order valence-corrected chi connectivity index (χ2v) is 7.04. The highest BCUT2D eigenvalue weighted by atomic mass is 16.5. The summed E-state index contributed by atoms with van der Waals surface area (Å²) >= 11 is 0. The molecule has 4 heteroatoms. The van der Waals surface area contributed by atoms with Crippen LogP contribution in [0.4, 0.5) is 0 Å². The Morgan fingerprint density at radius 3 is 2.59 bits per heavy atom. The van der Waals surface area contributed by atoms with Crippen molar-refractivity contribution in [1.29, 1.82) is 0 Å². The van der Waals surface area contributed by atoms with Crippen molar-refractivity contribution >= 4 is 0 Å².